The SMILES string of the molecule is O=C(O)CCCOc1c(F)cc(-c2cccc(OCC3CC3)c2)cc1F. The maximum absolute atomic E-state index is 14.2. The average Bonchev–Trinajstić information content (AvgIpc) is 3.43. The lowest BCUT2D eigenvalue weighted by molar-refractivity contribution is -0.137. The maximum Gasteiger partial charge on any atom is 0.303 e. The van der Waals surface area contributed by atoms with Crippen LogP contribution in [-0.4, -0.2) is 24.3 Å². The van der Waals surface area contributed by atoms with Crippen LogP contribution in [0.3, 0.4) is 0 Å². The normalized spacial score (nSPS) is 13.5. The van der Waals surface area contributed by atoms with E-state index in [1.165, 1.54) is 25.0 Å². The molecule has 0 aromatic heterocycles. The molecule has 0 radical (unpaired) electrons. The summed E-state index contributed by atoms with van der Waals surface area (Å²) in [6.07, 6.45) is 2.43. The molecule has 4 nitrogen and oxygen atoms in total. The average molecular weight is 362 g/mol. The molecule has 0 unspecified atom stereocenters. The van der Waals surface area contributed by atoms with Gasteiger partial charge in [-0.3, -0.25) is 4.79 Å². The maximum atomic E-state index is 14.2. The monoisotopic (exact) mass is 362 g/mol. The van der Waals surface area contributed by atoms with Crippen LogP contribution in [0, 0.1) is 17.6 Å². The van der Waals surface area contributed by atoms with Gasteiger partial charge in [0.05, 0.1) is 13.2 Å². The minimum atomic E-state index is -0.978. The molecule has 2 aromatic carbocycles. The van der Waals surface area contributed by atoms with Crippen molar-refractivity contribution in [3.05, 3.63) is 48.0 Å². The molecular formula is C20H20F2O4. The highest BCUT2D eigenvalue weighted by Gasteiger charge is 2.22. The van der Waals surface area contributed by atoms with Crippen LogP contribution in [0.2, 0.25) is 0 Å². The lowest BCUT2D eigenvalue weighted by Crippen LogP contribution is -2.05. The molecule has 1 N–H and O–H groups in total. The summed E-state index contributed by atoms with van der Waals surface area (Å²) < 4.78 is 39.2. The fraction of sp³-hybridized carbons (Fsp3) is 0.350. The fourth-order valence-corrected chi connectivity index (χ4v) is 2.53. The second kappa shape index (κ2) is 8.17. The number of hydrogen-bond donors (Lipinski definition) is 1. The van der Waals surface area contributed by atoms with Gasteiger partial charge in [-0.2, -0.15) is 0 Å². The summed E-state index contributed by atoms with van der Waals surface area (Å²) in [6, 6.07) is 9.52. The van der Waals surface area contributed by atoms with Crippen molar-refractivity contribution in [2.75, 3.05) is 13.2 Å². The molecule has 1 aliphatic carbocycles. The number of halogens is 2. The van der Waals surface area contributed by atoms with Gasteiger partial charge in [0.1, 0.15) is 5.75 Å². The molecule has 0 bridgehead atoms. The summed E-state index contributed by atoms with van der Waals surface area (Å²) in [5, 5.41) is 8.56. The molecule has 6 heteroatoms. The molecule has 1 fully saturated rings. The Morgan fingerprint density at radius 3 is 2.46 bits per heavy atom. The molecule has 138 valence electrons. The summed E-state index contributed by atoms with van der Waals surface area (Å²) in [5.41, 5.74) is 1.03. The lowest BCUT2D eigenvalue weighted by atomic mass is 10.0. The third-order valence-electron chi connectivity index (χ3n) is 4.13. The Morgan fingerprint density at radius 1 is 1.08 bits per heavy atom. The van der Waals surface area contributed by atoms with E-state index in [0.717, 1.165) is 0 Å². The van der Waals surface area contributed by atoms with Gasteiger partial charge in [0.2, 0.25) is 0 Å². The van der Waals surface area contributed by atoms with Gasteiger partial charge >= 0.3 is 5.97 Å². The van der Waals surface area contributed by atoms with Crippen molar-refractivity contribution in [2.24, 2.45) is 5.92 Å². The van der Waals surface area contributed by atoms with Crippen molar-refractivity contribution in [3.8, 4) is 22.6 Å². The van der Waals surface area contributed by atoms with Crippen LogP contribution >= 0.6 is 0 Å². The lowest BCUT2D eigenvalue weighted by Gasteiger charge is -2.11. The van der Waals surface area contributed by atoms with Crippen molar-refractivity contribution in [3.63, 3.8) is 0 Å². The second-order valence-corrected chi connectivity index (χ2v) is 6.40. The number of ether oxygens (including phenoxy) is 2. The molecule has 0 saturated heterocycles. The first-order valence-electron chi connectivity index (χ1n) is 8.60. The van der Waals surface area contributed by atoms with Gasteiger partial charge in [-0.05, 0) is 60.6 Å². The Balaban J connectivity index is 1.70. The van der Waals surface area contributed by atoms with E-state index in [4.69, 9.17) is 14.6 Å². The van der Waals surface area contributed by atoms with Crippen LogP contribution in [0.15, 0.2) is 36.4 Å². The summed E-state index contributed by atoms with van der Waals surface area (Å²) in [4.78, 5) is 10.4. The Bertz CT molecular complexity index is 764. The van der Waals surface area contributed by atoms with E-state index in [2.05, 4.69) is 0 Å². The molecule has 0 aliphatic heterocycles. The predicted molar refractivity (Wildman–Crippen MR) is 92.4 cm³/mol. The molecule has 0 heterocycles. The molecule has 3 rings (SSSR count). The van der Waals surface area contributed by atoms with Gasteiger partial charge in [-0.15, -0.1) is 0 Å². The first-order valence-corrected chi connectivity index (χ1v) is 8.60. The van der Waals surface area contributed by atoms with Crippen molar-refractivity contribution >= 4 is 5.97 Å². The summed E-state index contributed by atoms with van der Waals surface area (Å²) >= 11 is 0. The molecular weight excluding hydrogens is 342 g/mol. The first kappa shape index (κ1) is 18.2. The molecule has 0 atom stereocenters. The number of hydrogen-bond acceptors (Lipinski definition) is 3. The van der Waals surface area contributed by atoms with E-state index in [0.29, 0.717) is 29.4 Å². The second-order valence-electron chi connectivity index (χ2n) is 6.40. The Labute approximate surface area is 150 Å². The van der Waals surface area contributed by atoms with Gasteiger partial charge in [-0.25, -0.2) is 8.78 Å². The molecule has 26 heavy (non-hydrogen) atoms. The quantitative estimate of drug-likeness (QED) is 0.659. The first-order chi connectivity index (χ1) is 12.5. The molecule has 1 aliphatic rings. The largest absolute Gasteiger partial charge is 0.493 e. The van der Waals surface area contributed by atoms with E-state index < -0.39 is 23.4 Å². The van der Waals surface area contributed by atoms with E-state index in [1.54, 1.807) is 18.2 Å². The van der Waals surface area contributed by atoms with Crippen molar-refractivity contribution < 1.29 is 28.2 Å². The molecule has 0 amide bonds. The third kappa shape index (κ3) is 4.94. The molecule has 0 spiro atoms. The zero-order valence-electron chi connectivity index (χ0n) is 14.2. The predicted octanol–water partition coefficient (Wildman–Crippen LogP) is 4.66. The number of rotatable bonds is 9. The van der Waals surface area contributed by atoms with Gasteiger partial charge in [0, 0.05) is 6.42 Å². The Hall–Kier alpha value is -2.63. The highest BCUT2D eigenvalue weighted by atomic mass is 19.1. The number of carbonyl (C=O) groups is 1. The molecule has 2 aromatic rings. The summed E-state index contributed by atoms with van der Waals surface area (Å²) in [7, 11) is 0. The minimum Gasteiger partial charge on any atom is -0.493 e. The van der Waals surface area contributed by atoms with Gasteiger partial charge in [-0.1, -0.05) is 12.1 Å². The van der Waals surface area contributed by atoms with Crippen LogP contribution < -0.4 is 9.47 Å². The standard InChI is InChI=1S/C20H20F2O4/c21-17-10-15(11-18(22)20(17)25-8-2-5-19(23)24)14-3-1-4-16(9-14)26-12-13-6-7-13/h1,3-4,9-11,13H,2,5-8,12H2,(H,23,24). The zero-order valence-corrected chi connectivity index (χ0v) is 14.2. The van der Waals surface area contributed by atoms with E-state index in [1.807, 2.05) is 6.07 Å². The summed E-state index contributed by atoms with van der Waals surface area (Å²) in [6.45, 7) is 0.597. The highest BCUT2D eigenvalue weighted by Crippen LogP contribution is 2.32. The van der Waals surface area contributed by atoms with Crippen LogP contribution in [0.4, 0.5) is 8.78 Å². The van der Waals surface area contributed by atoms with Crippen LogP contribution in [0.5, 0.6) is 11.5 Å². The fourth-order valence-electron chi connectivity index (χ4n) is 2.53. The zero-order chi connectivity index (χ0) is 18.5. The van der Waals surface area contributed by atoms with Gasteiger partial charge in [0.15, 0.2) is 17.4 Å². The minimum absolute atomic E-state index is 0.0655. The van der Waals surface area contributed by atoms with Crippen molar-refractivity contribution in [2.45, 2.75) is 25.7 Å². The number of carboxylic acids is 1. The van der Waals surface area contributed by atoms with Crippen LogP contribution in [0.1, 0.15) is 25.7 Å². The smallest absolute Gasteiger partial charge is 0.303 e. The van der Waals surface area contributed by atoms with E-state index in [-0.39, 0.29) is 19.4 Å². The van der Waals surface area contributed by atoms with Crippen molar-refractivity contribution in [1.82, 2.24) is 0 Å². The highest BCUT2D eigenvalue weighted by molar-refractivity contribution is 5.67. The van der Waals surface area contributed by atoms with Crippen LogP contribution in [-0.2, 0) is 4.79 Å². The number of carboxylic acid groups (broad SMARTS) is 1. The van der Waals surface area contributed by atoms with E-state index in [9.17, 15) is 13.6 Å². The van der Waals surface area contributed by atoms with Gasteiger partial charge in [0.25, 0.3) is 0 Å². The van der Waals surface area contributed by atoms with Crippen molar-refractivity contribution in [1.29, 1.82) is 0 Å². The molecule has 1 saturated carbocycles. The number of aliphatic carboxylic acids is 1. The van der Waals surface area contributed by atoms with Gasteiger partial charge < -0.3 is 14.6 Å². The third-order valence-corrected chi connectivity index (χ3v) is 4.13. The summed E-state index contributed by atoms with van der Waals surface area (Å²) in [5.74, 6) is -1.82. The van der Waals surface area contributed by atoms with E-state index >= 15 is 0 Å². The van der Waals surface area contributed by atoms with Crippen LogP contribution in [0.25, 0.3) is 11.1 Å². The number of benzene rings is 2. The Morgan fingerprint density at radius 2 is 1.81 bits per heavy atom. The Kier molecular flexibility index (Phi) is 5.71. The topological polar surface area (TPSA) is 55.8 Å².